The van der Waals surface area contributed by atoms with Gasteiger partial charge in [-0.05, 0) is 24.5 Å². The largest absolute Gasteiger partial charge is 0.372 e. The van der Waals surface area contributed by atoms with Gasteiger partial charge in [0.1, 0.15) is 5.60 Å². The number of rotatable bonds is 8. The van der Waals surface area contributed by atoms with Crippen LogP contribution >= 0.6 is 0 Å². The minimum atomic E-state index is -3.44. The Balaban J connectivity index is 2.12. The Morgan fingerprint density at radius 2 is 1.67 bits per heavy atom. The molecule has 2 aromatic rings. The average molecular weight is 347 g/mol. The molecule has 2 aromatic carbocycles. The molecule has 0 aliphatic rings. The molecule has 1 N–H and O–H groups in total. The quantitative estimate of drug-likeness (QED) is 0.796. The van der Waals surface area contributed by atoms with Crippen molar-refractivity contribution in [2.45, 2.75) is 31.6 Å². The third kappa shape index (κ3) is 4.66. The lowest BCUT2D eigenvalue weighted by atomic mass is 9.91. The number of sulfonamides is 1. The molecule has 1 atom stereocenters. The van der Waals surface area contributed by atoms with E-state index in [0.717, 1.165) is 16.7 Å². The van der Waals surface area contributed by atoms with E-state index in [-0.39, 0.29) is 12.3 Å². The fraction of sp³-hybridized carbons (Fsp3) is 0.368. The highest BCUT2D eigenvalue weighted by atomic mass is 32.2. The molecule has 2 rings (SSSR count). The second-order valence-electron chi connectivity index (χ2n) is 5.98. The zero-order chi connectivity index (χ0) is 17.6. The first-order valence-corrected chi connectivity index (χ1v) is 9.69. The van der Waals surface area contributed by atoms with E-state index >= 15 is 0 Å². The summed E-state index contributed by atoms with van der Waals surface area (Å²) in [7, 11) is -1.82. The normalized spacial score (nSPS) is 14.3. The maximum Gasteiger partial charge on any atom is 0.215 e. The van der Waals surface area contributed by atoms with Gasteiger partial charge in [0.25, 0.3) is 0 Å². The molecule has 1 unspecified atom stereocenters. The van der Waals surface area contributed by atoms with Crippen LogP contribution in [0.25, 0.3) is 0 Å². The zero-order valence-electron chi connectivity index (χ0n) is 14.5. The second-order valence-corrected chi connectivity index (χ2v) is 7.79. The summed E-state index contributed by atoms with van der Waals surface area (Å²) in [5, 5.41) is 0. The second kappa shape index (κ2) is 7.92. The molecule has 24 heavy (non-hydrogen) atoms. The summed E-state index contributed by atoms with van der Waals surface area (Å²) in [6, 6.07) is 17.2. The first-order valence-electron chi connectivity index (χ1n) is 8.04. The predicted molar refractivity (Wildman–Crippen MR) is 97.2 cm³/mol. The topological polar surface area (TPSA) is 55.4 Å². The summed E-state index contributed by atoms with van der Waals surface area (Å²) in [6.45, 7) is 4.17. The molecule has 0 aliphatic carbocycles. The molecule has 0 radical (unpaired) electrons. The summed E-state index contributed by atoms with van der Waals surface area (Å²) in [6.07, 6.45) is 0.667. The number of hydrogen-bond acceptors (Lipinski definition) is 3. The van der Waals surface area contributed by atoms with Gasteiger partial charge in [0.2, 0.25) is 10.0 Å². The van der Waals surface area contributed by atoms with Gasteiger partial charge in [0.05, 0.1) is 5.75 Å². The summed E-state index contributed by atoms with van der Waals surface area (Å²) in [5.41, 5.74) is 2.18. The molecule has 4 nitrogen and oxygen atoms in total. The lowest BCUT2D eigenvalue weighted by Crippen LogP contribution is -2.42. The maximum absolute atomic E-state index is 12.4. The number of benzene rings is 2. The van der Waals surface area contributed by atoms with Gasteiger partial charge in [-0.25, -0.2) is 13.1 Å². The number of methoxy groups -OCH3 is 1. The van der Waals surface area contributed by atoms with E-state index in [4.69, 9.17) is 4.74 Å². The first-order chi connectivity index (χ1) is 11.4. The third-order valence-electron chi connectivity index (χ3n) is 4.32. The van der Waals surface area contributed by atoms with Crippen molar-refractivity contribution in [2.75, 3.05) is 13.7 Å². The van der Waals surface area contributed by atoms with Gasteiger partial charge in [-0.1, -0.05) is 67.1 Å². The van der Waals surface area contributed by atoms with Crippen LogP contribution in [-0.2, 0) is 26.1 Å². The van der Waals surface area contributed by atoms with E-state index in [1.807, 2.05) is 68.4 Å². The number of ether oxygens (including phenoxy) is 1. The standard InChI is InChI=1S/C19H25NO3S/c1-4-19(23-3,18-8-6-5-7-9-18)15-20-24(21,22)14-17-12-10-16(2)11-13-17/h5-13,20H,4,14-15H2,1-3H3. The minimum Gasteiger partial charge on any atom is -0.372 e. The molecule has 5 heteroatoms. The van der Waals surface area contributed by atoms with E-state index in [1.54, 1.807) is 7.11 Å². The molecular formula is C19H25NO3S. The van der Waals surface area contributed by atoms with Gasteiger partial charge < -0.3 is 4.74 Å². The summed E-state index contributed by atoms with van der Waals surface area (Å²) >= 11 is 0. The molecular weight excluding hydrogens is 322 g/mol. The Kier molecular flexibility index (Phi) is 6.15. The van der Waals surface area contributed by atoms with Gasteiger partial charge in [-0.2, -0.15) is 0 Å². The Hall–Kier alpha value is -1.69. The molecule has 0 saturated carbocycles. The van der Waals surface area contributed by atoms with Crippen LogP contribution in [0, 0.1) is 6.92 Å². The van der Waals surface area contributed by atoms with Crippen LogP contribution in [0.5, 0.6) is 0 Å². The van der Waals surface area contributed by atoms with E-state index in [2.05, 4.69) is 4.72 Å². The summed E-state index contributed by atoms with van der Waals surface area (Å²) in [4.78, 5) is 0. The van der Waals surface area contributed by atoms with Gasteiger partial charge >= 0.3 is 0 Å². The molecule has 130 valence electrons. The van der Waals surface area contributed by atoms with Crippen molar-refractivity contribution in [3.63, 3.8) is 0 Å². The van der Waals surface area contributed by atoms with Crippen LogP contribution in [0.2, 0.25) is 0 Å². The van der Waals surface area contributed by atoms with Crippen LogP contribution in [0.15, 0.2) is 54.6 Å². The minimum absolute atomic E-state index is 0.0361. The highest BCUT2D eigenvalue weighted by Gasteiger charge is 2.31. The Bertz CT molecular complexity index is 736. The number of aryl methyl sites for hydroxylation is 1. The Morgan fingerprint density at radius 3 is 2.21 bits per heavy atom. The Morgan fingerprint density at radius 1 is 1.04 bits per heavy atom. The molecule has 0 aliphatic heterocycles. The van der Waals surface area contributed by atoms with Crippen molar-refractivity contribution in [3.8, 4) is 0 Å². The van der Waals surface area contributed by atoms with Crippen LogP contribution in [0.1, 0.15) is 30.0 Å². The lowest BCUT2D eigenvalue weighted by Gasteiger charge is -2.32. The van der Waals surface area contributed by atoms with Crippen molar-refractivity contribution in [3.05, 3.63) is 71.3 Å². The van der Waals surface area contributed by atoms with Crippen LogP contribution in [0.4, 0.5) is 0 Å². The van der Waals surface area contributed by atoms with E-state index in [0.29, 0.717) is 6.42 Å². The molecule has 0 aromatic heterocycles. The monoisotopic (exact) mass is 347 g/mol. The third-order valence-corrected chi connectivity index (χ3v) is 5.61. The van der Waals surface area contributed by atoms with E-state index < -0.39 is 15.6 Å². The average Bonchev–Trinajstić information content (AvgIpc) is 2.59. The van der Waals surface area contributed by atoms with Crippen molar-refractivity contribution in [2.24, 2.45) is 0 Å². The van der Waals surface area contributed by atoms with Crippen LogP contribution in [0.3, 0.4) is 0 Å². The fourth-order valence-electron chi connectivity index (χ4n) is 2.69. The van der Waals surface area contributed by atoms with Crippen molar-refractivity contribution in [1.82, 2.24) is 4.72 Å². The number of hydrogen-bond donors (Lipinski definition) is 1. The zero-order valence-corrected chi connectivity index (χ0v) is 15.3. The molecule has 0 spiro atoms. The molecule has 0 amide bonds. The Labute approximate surface area is 144 Å². The first kappa shape index (κ1) is 18.6. The molecule has 0 fully saturated rings. The fourth-order valence-corrected chi connectivity index (χ4v) is 3.88. The van der Waals surface area contributed by atoms with Crippen molar-refractivity contribution < 1.29 is 13.2 Å². The van der Waals surface area contributed by atoms with Crippen molar-refractivity contribution >= 4 is 10.0 Å². The summed E-state index contributed by atoms with van der Waals surface area (Å²) in [5.74, 6) is -0.0361. The van der Waals surface area contributed by atoms with Gasteiger partial charge in [0, 0.05) is 13.7 Å². The van der Waals surface area contributed by atoms with Crippen LogP contribution in [-0.4, -0.2) is 22.1 Å². The van der Waals surface area contributed by atoms with Gasteiger partial charge in [0.15, 0.2) is 0 Å². The lowest BCUT2D eigenvalue weighted by molar-refractivity contribution is -0.0133. The predicted octanol–water partition coefficient (Wildman–Crippen LogP) is 3.37. The number of nitrogens with one attached hydrogen (secondary N) is 1. The highest BCUT2D eigenvalue weighted by molar-refractivity contribution is 7.88. The maximum atomic E-state index is 12.4. The van der Waals surface area contributed by atoms with Gasteiger partial charge in [-0.15, -0.1) is 0 Å². The van der Waals surface area contributed by atoms with E-state index in [1.165, 1.54) is 0 Å². The van der Waals surface area contributed by atoms with Crippen molar-refractivity contribution in [1.29, 1.82) is 0 Å². The smallest absolute Gasteiger partial charge is 0.215 e. The SMILES string of the molecule is CCC(CNS(=O)(=O)Cc1ccc(C)cc1)(OC)c1ccccc1. The summed E-state index contributed by atoms with van der Waals surface area (Å²) < 4.78 is 33.3. The highest BCUT2D eigenvalue weighted by Crippen LogP contribution is 2.28. The molecule has 0 bridgehead atoms. The molecule has 0 saturated heterocycles. The van der Waals surface area contributed by atoms with E-state index in [9.17, 15) is 8.42 Å². The van der Waals surface area contributed by atoms with Crippen LogP contribution < -0.4 is 4.72 Å². The van der Waals surface area contributed by atoms with Gasteiger partial charge in [-0.3, -0.25) is 0 Å². The molecule has 0 heterocycles.